The molecule has 0 aliphatic heterocycles. The maximum Gasteiger partial charge on any atom is 0.159 e. The molecule has 2 aliphatic rings. The van der Waals surface area contributed by atoms with Crippen molar-refractivity contribution in [1.82, 2.24) is 0 Å². The zero-order chi connectivity index (χ0) is 35.6. The molecule has 0 radical (unpaired) electrons. The molecule has 9 aromatic rings. The molecule has 0 amide bonds. The Morgan fingerprint density at radius 3 is 1.85 bits per heavy atom. The topological polar surface area (TPSA) is 16.4 Å². The SMILES string of the molecule is c1ccc(N(c2ccc3c(c2)C(c2ccccc2)(c2ccccc2)c2ccc4ccccc4c2-3)c2cccc3c2oc2c(C4CCCC4)cccc23)cc1. The van der Waals surface area contributed by atoms with Crippen molar-refractivity contribution in [2.45, 2.75) is 37.0 Å². The first-order chi connectivity index (χ1) is 26.8. The normalized spacial score (nSPS) is 14.8. The van der Waals surface area contributed by atoms with Gasteiger partial charge in [0.05, 0.1) is 11.1 Å². The molecule has 8 aromatic carbocycles. The number of hydrogen-bond acceptors (Lipinski definition) is 2. The Morgan fingerprint density at radius 1 is 0.481 bits per heavy atom. The van der Waals surface area contributed by atoms with Gasteiger partial charge >= 0.3 is 0 Å². The number of nitrogens with zero attached hydrogens (tertiary/aromatic N) is 1. The van der Waals surface area contributed by atoms with Crippen LogP contribution < -0.4 is 4.90 Å². The highest BCUT2D eigenvalue weighted by molar-refractivity contribution is 6.11. The molecule has 0 saturated heterocycles. The van der Waals surface area contributed by atoms with Gasteiger partial charge < -0.3 is 9.32 Å². The Morgan fingerprint density at radius 2 is 1.11 bits per heavy atom. The number of fused-ring (bicyclic) bond motifs is 8. The second-order valence-electron chi connectivity index (χ2n) is 15.1. The van der Waals surface area contributed by atoms with Crippen LogP contribution in [0.25, 0.3) is 43.8 Å². The summed E-state index contributed by atoms with van der Waals surface area (Å²) < 4.78 is 7.08. The minimum Gasteiger partial charge on any atom is -0.454 e. The molecule has 1 aromatic heterocycles. The van der Waals surface area contributed by atoms with Crippen LogP contribution in [-0.2, 0) is 5.41 Å². The van der Waals surface area contributed by atoms with Crippen LogP contribution in [0.1, 0.15) is 59.4 Å². The minimum absolute atomic E-state index is 0.531. The van der Waals surface area contributed by atoms with Crippen molar-refractivity contribution < 1.29 is 4.42 Å². The summed E-state index contributed by atoms with van der Waals surface area (Å²) in [6, 6.07) is 67.0. The van der Waals surface area contributed by atoms with Crippen LogP contribution in [0, 0.1) is 0 Å². The van der Waals surface area contributed by atoms with E-state index in [0.29, 0.717) is 5.92 Å². The Kier molecular flexibility index (Phi) is 7.13. The molecule has 2 heteroatoms. The number of para-hydroxylation sites is 3. The monoisotopic (exact) mass is 693 g/mol. The van der Waals surface area contributed by atoms with Gasteiger partial charge in [0.25, 0.3) is 0 Å². The van der Waals surface area contributed by atoms with Gasteiger partial charge in [0.1, 0.15) is 5.58 Å². The summed E-state index contributed by atoms with van der Waals surface area (Å²) in [5.74, 6) is 0.557. The van der Waals surface area contributed by atoms with Crippen LogP contribution in [0.4, 0.5) is 17.1 Å². The second kappa shape index (κ2) is 12.4. The fourth-order valence-corrected chi connectivity index (χ4v) is 9.95. The van der Waals surface area contributed by atoms with Crippen molar-refractivity contribution in [2.24, 2.45) is 0 Å². The summed E-state index contributed by atoms with van der Waals surface area (Å²) >= 11 is 0. The van der Waals surface area contributed by atoms with E-state index in [9.17, 15) is 0 Å². The van der Waals surface area contributed by atoms with E-state index in [4.69, 9.17) is 4.42 Å². The zero-order valence-electron chi connectivity index (χ0n) is 30.1. The van der Waals surface area contributed by atoms with Crippen LogP contribution in [0.2, 0.25) is 0 Å². The highest BCUT2D eigenvalue weighted by Crippen LogP contribution is 2.59. The van der Waals surface area contributed by atoms with E-state index in [-0.39, 0.29) is 0 Å². The summed E-state index contributed by atoms with van der Waals surface area (Å²) in [7, 11) is 0. The predicted octanol–water partition coefficient (Wildman–Crippen LogP) is 14.2. The second-order valence-corrected chi connectivity index (χ2v) is 15.1. The molecule has 54 heavy (non-hydrogen) atoms. The highest BCUT2D eigenvalue weighted by Gasteiger charge is 2.47. The van der Waals surface area contributed by atoms with Crippen molar-refractivity contribution in [2.75, 3.05) is 4.90 Å². The van der Waals surface area contributed by atoms with Crippen LogP contribution in [0.3, 0.4) is 0 Å². The van der Waals surface area contributed by atoms with Crippen LogP contribution in [-0.4, -0.2) is 0 Å². The predicted molar refractivity (Wildman–Crippen MR) is 224 cm³/mol. The molecule has 0 N–H and O–H groups in total. The van der Waals surface area contributed by atoms with E-state index in [1.54, 1.807) is 0 Å². The quantitative estimate of drug-likeness (QED) is 0.172. The van der Waals surface area contributed by atoms with Crippen LogP contribution in [0.15, 0.2) is 186 Å². The lowest BCUT2D eigenvalue weighted by Gasteiger charge is -2.35. The molecule has 258 valence electrons. The van der Waals surface area contributed by atoms with E-state index in [2.05, 4.69) is 187 Å². The Labute approximate surface area is 315 Å². The lowest BCUT2D eigenvalue weighted by molar-refractivity contribution is 0.643. The molecule has 2 nitrogen and oxygen atoms in total. The molecular weight excluding hydrogens is 655 g/mol. The van der Waals surface area contributed by atoms with Gasteiger partial charge in [-0.3, -0.25) is 0 Å². The first-order valence-electron chi connectivity index (χ1n) is 19.4. The number of rotatable bonds is 6. The molecule has 11 rings (SSSR count). The first kappa shape index (κ1) is 31.2. The van der Waals surface area contributed by atoms with Crippen LogP contribution in [0.5, 0.6) is 0 Å². The molecular formula is C52H39NO. The molecule has 0 unspecified atom stereocenters. The highest BCUT2D eigenvalue weighted by atomic mass is 16.3. The van der Waals surface area contributed by atoms with E-state index in [0.717, 1.165) is 33.6 Å². The molecule has 2 aliphatic carbocycles. The molecule has 1 heterocycles. The van der Waals surface area contributed by atoms with Gasteiger partial charge in [-0.25, -0.2) is 0 Å². The molecule has 0 atom stereocenters. The summed E-state index contributed by atoms with van der Waals surface area (Å²) in [4.78, 5) is 2.40. The average molecular weight is 694 g/mol. The fraction of sp³-hybridized carbons (Fsp3) is 0.115. The van der Waals surface area contributed by atoms with Crippen molar-refractivity contribution in [3.05, 3.63) is 210 Å². The van der Waals surface area contributed by atoms with E-state index >= 15 is 0 Å². The number of furan rings is 1. The summed E-state index contributed by atoms with van der Waals surface area (Å²) in [6.07, 6.45) is 5.05. The number of hydrogen-bond donors (Lipinski definition) is 0. The summed E-state index contributed by atoms with van der Waals surface area (Å²) in [5.41, 5.74) is 13.7. The Balaban J connectivity index is 1.21. The van der Waals surface area contributed by atoms with Gasteiger partial charge in [0, 0.05) is 22.1 Å². The number of anilines is 3. The third-order valence-corrected chi connectivity index (χ3v) is 12.3. The van der Waals surface area contributed by atoms with E-state index < -0.39 is 5.41 Å². The smallest absolute Gasteiger partial charge is 0.159 e. The fourth-order valence-electron chi connectivity index (χ4n) is 9.95. The molecule has 1 fully saturated rings. The Hall–Kier alpha value is -6.38. The van der Waals surface area contributed by atoms with Gasteiger partial charge in [-0.15, -0.1) is 0 Å². The van der Waals surface area contributed by atoms with Crippen molar-refractivity contribution in [1.29, 1.82) is 0 Å². The lowest BCUT2D eigenvalue weighted by atomic mass is 9.67. The van der Waals surface area contributed by atoms with Crippen molar-refractivity contribution in [3.63, 3.8) is 0 Å². The maximum atomic E-state index is 7.08. The van der Waals surface area contributed by atoms with Crippen molar-refractivity contribution in [3.8, 4) is 11.1 Å². The largest absolute Gasteiger partial charge is 0.454 e. The average Bonchev–Trinajstić information content (AvgIpc) is 3.98. The Bertz CT molecular complexity index is 2790. The number of benzene rings is 8. The first-order valence-corrected chi connectivity index (χ1v) is 19.4. The molecule has 0 bridgehead atoms. The zero-order valence-corrected chi connectivity index (χ0v) is 30.1. The third-order valence-electron chi connectivity index (χ3n) is 12.3. The standard InChI is InChI=1S/C52H39NO/c1-4-19-37(20-5-1)52(38-21-6-2-7-22-38)46-33-30-36-18-12-13-25-41(36)49(46)45-32-31-40(34-47(45)52)53(39-23-8-3-9-24-39)48-29-15-28-44-43-27-14-26-42(35-16-10-11-17-35)50(43)54-51(44)48/h1-9,12-15,18-35H,10-11,16-17H2. The van der Waals surface area contributed by atoms with Crippen molar-refractivity contribution >= 4 is 49.8 Å². The van der Waals surface area contributed by atoms with Gasteiger partial charge in [-0.2, -0.15) is 0 Å². The summed E-state index contributed by atoms with van der Waals surface area (Å²) in [5, 5.41) is 4.89. The third kappa shape index (κ3) is 4.53. The van der Waals surface area contributed by atoms with E-state index in [1.165, 1.54) is 80.8 Å². The van der Waals surface area contributed by atoms with Gasteiger partial charge in [0.15, 0.2) is 5.58 Å². The van der Waals surface area contributed by atoms with Gasteiger partial charge in [-0.1, -0.05) is 165 Å². The van der Waals surface area contributed by atoms with E-state index in [1.807, 2.05) is 0 Å². The van der Waals surface area contributed by atoms with Gasteiger partial charge in [0.2, 0.25) is 0 Å². The summed E-state index contributed by atoms with van der Waals surface area (Å²) in [6.45, 7) is 0. The molecule has 1 saturated carbocycles. The minimum atomic E-state index is -0.531. The van der Waals surface area contributed by atoms with Gasteiger partial charge in [-0.05, 0) is 98.8 Å². The van der Waals surface area contributed by atoms with Crippen LogP contribution >= 0.6 is 0 Å². The lowest BCUT2D eigenvalue weighted by Crippen LogP contribution is -2.28. The maximum absolute atomic E-state index is 7.08. The molecule has 0 spiro atoms.